The monoisotopic (exact) mass is 285 g/mol. The summed E-state index contributed by atoms with van der Waals surface area (Å²) in [6, 6.07) is 3.67. The maximum absolute atomic E-state index is 14.0. The highest BCUT2D eigenvalue weighted by atomic mass is 19.1. The second kappa shape index (κ2) is 4.93. The highest BCUT2D eigenvalue weighted by Gasteiger charge is 2.32. The van der Waals surface area contributed by atoms with Gasteiger partial charge < -0.3 is 5.73 Å². The third kappa shape index (κ3) is 2.22. The zero-order valence-corrected chi connectivity index (χ0v) is 11.2. The van der Waals surface area contributed by atoms with Crippen LogP contribution < -0.4 is 5.73 Å². The van der Waals surface area contributed by atoms with Crippen molar-refractivity contribution in [2.24, 2.45) is 10.7 Å². The molecule has 1 aromatic heterocycles. The van der Waals surface area contributed by atoms with E-state index >= 15 is 0 Å². The zero-order chi connectivity index (χ0) is 15.0. The fraction of sp³-hybridized carbons (Fsp3) is 0.143. The number of hydrogen-bond donors (Lipinski definition) is 1. The zero-order valence-electron chi connectivity index (χ0n) is 11.2. The van der Waals surface area contributed by atoms with Crippen LogP contribution in [0.25, 0.3) is 11.1 Å². The van der Waals surface area contributed by atoms with E-state index in [0.29, 0.717) is 16.7 Å². The molecule has 0 spiro atoms. The number of carbonyl (C=O) groups is 1. The van der Waals surface area contributed by atoms with Crippen LogP contribution in [0, 0.1) is 5.82 Å². The first-order chi connectivity index (χ1) is 10.1. The molecule has 106 valence electrons. The number of hydrogen-bond acceptors (Lipinski definition) is 5. The molecular formula is C14H12FN5O. The van der Waals surface area contributed by atoms with Crippen LogP contribution in [-0.2, 0) is 4.79 Å². The lowest BCUT2D eigenvalue weighted by Gasteiger charge is -2.11. The molecule has 1 aliphatic heterocycles. The average molecular weight is 285 g/mol. The number of benzene rings is 1. The van der Waals surface area contributed by atoms with Crippen molar-refractivity contribution in [2.75, 3.05) is 7.05 Å². The molecule has 0 fully saturated rings. The summed E-state index contributed by atoms with van der Waals surface area (Å²) in [5, 5.41) is 0. The normalized spacial score (nSPS) is 18.0. The second-order valence-corrected chi connectivity index (χ2v) is 4.65. The number of aromatic nitrogens is 2. The Labute approximate surface area is 120 Å². The Morgan fingerprint density at radius 2 is 2.00 bits per heavy atom. The van der Waals surface area contributed by atoms with Crippen molar-refractivity contribution < 1.29 is 9.18 Å². The van der Waals surface area contributed by atoms with E-state index < -0.39 is 11.9 Å². The molecule has 2 aromatic rings. The minimum atomic E-state index is -0.737. The minimum Gasteiger partial charge on any atom is -0.369 e. The highest BCUT2D eigenvalue weighted by Crippen LogP contribution is 2.29. The molecule has 1 aromatic carbocycles. The quantitative estimate of drug-likeness (QED) is 0.895. The fourth-order valence-corrected chi connectivity index (χ4v) is 2.16. The largest absolute Gasteiger partial charge is 0.369 e. The van der Waals surface area contributed by atoms with Gasteiger partial charge in [0.1, 0.15) is 12.1 Å². The standard InChI is InChI=1S/C14H12FN5O/c1-20-13(21)12(19-14(20)16)8-2-3-11(15)10(4-8)9-5-17-7-18-6-9/h2-7,12H,1H3,(H2,16,19)/t12-/m1/s1. The molecular weight excluding hydrogens is 273 g/mol. The number of aliphatic imine (C=N–C) groups is 1. The van der Waals surface area contributed by atoms with E-state index in [-0.39, 0.29) is 11.9 Å². The number of nitrogens with zero attached hydrogens (tertiary/aromatic N) is 4. The Morgan fingerprint density at radius 3 is 2.62 bits per heavy atom. The van der Waals surface area contributed by atoms with Crippen molar-refractivity contribution in [3.05, 3.63) is 48.3 Å². The van der Waals surface area contributed by atoms with Gasteiger partial charge in [-0.15, -0.1) is 0 Å². The summed E-state index contributed by atoms with van der Waals surface area (Å²) in [5.41, 5.74) is 7.07. The van der Waals surface area contributed by atoms with Gasteiger partial charge in [-0.25, -0.2) is 19.4 Å². The Kier molecular flexibility index (Phi) is 3.09. The number of carbonyl (C=O) groups excluding carboxylic acids is 1. The Balaban J connectivity index is 2.05. The van der Waals surface area contributed by atoms with Gasteiger partial charge in [-0.05, 0) is 17.7 Å². The Hall–Kier alpha value is -2.83. The van der Waals surface area contributed by atoms with E-state index in [4.69, 9.17) is 5.73 Å². The number of likely N-dealkylation sites (N-methyl/N-ethyl adjacent to an activating group) is 1. The lowest BCUT2D eigenvalue weighted by molar-refractivity contribution is -0.126. The molecule has 6 nitrogen and oxygen atoms in total. The van der Waals surface area contributed by atoms with E-state index in [9.17, 15) is 9.18 Å². The van der Waals surface area contributed by atoms with Crippen LogP contribution in [0.1, 0.15) is 11.6 Å². The first-order valence-electron chi connectivity index (χ1n) is 6.23. The number of halogens is 1. The summed E-state index contributed by atoms with van der Waals surface area (Å²) in [5.74, 6) is -0.502. The summed E-state index contributed by atoms with van der Waals surface area (Å²) in [6.45, 7) is 0. The van der Waals surface area contributed by atoms with Gasteiger partial charge in [-0.1, -0.05) is 6.07 Å². The maximum Gasteiger partial charge on any atom is 0.258 e. The van der Waals surface area contributed by atoms with Crippen molar-refractivity contribution in [1.29, 1.82) is 0 Å². The summed E-state index contributed by atoms with van der Waals surface area (Å²) in [7, 11) is 1.55. The molecule has 1 atom stereocenters. The van der Waals surface area contributed by atoms with Crippen LogP contribution in [0.2, 0.25) is 0 Å². The van der Waals surface area contributed by atoms with Gasteiger partial charge in [0.15, 0.2) is 12.0 Å². The molecule has 2 N–H and O–H groups in total. The van der Waals surface area contributed by atoms with Crippen molar-refractivity contribution in [3.8, 4) is 11.1 Å². The third-order valence-electron chi connectivity index (χ3n) is 3.35. The summed E-state index contributed by atoms with van der Waals surface area (Å²) in [6.07, 6.45) is 4.39. The molecule has 2 heterocycles. The van der Waals surface area contributed by atoms with Crippen LogP contribution in [-0.4, -0.2) is 33.8 Å². The van der Waals surface area contributed by atoms with E-state index in [1.807, 2.05) is 0 Å². The minimum absolute atomic E-state index is 0.152. The molecule has 21 heavy (non-hydrogen) atoms. The predicted octanol–water partition coefficient (Wildman–Crippen LogP) is 1.11. The maximum atomic E-state index is 14.0. The third-order valence-corrected chi connectivity index (χ3v) is 3.35. The van der Waals surface area contributed by atoms with Gasteiger partial charge in [0.05, 0.1) is 0 Å². The van der Waals surface area contributed by atoms with E-state index in [2.05, 4.69) is 15.0 Å². The smallest absolute Gasteiger partial charge is 0.258 e. The molecule has 7 heteroatoms. The van der Waals surface area contributed by atoms with Crippen LogP contribution >= 0.6 is 0 Å². The van der Waals surface area contributed by atoms with Gasteiger partial charge >= 0.3 is 0 Å². The molecule has 1 aliphatic rings. The van der Waals surface area contributed by atoms with Crippen molar-refractivity contribution in [2.45, 2.75) is 6.04 Å². The molecule has 0 unspecified atom stereocenters. The van der Waals surface area contributed by atoms with Gasteiger partial charge in [-0.3, -0.25) is 9.69 Å². The van der Waals surface area contributed by atoms with Crippen molar-refractivity contribution in [1.82, 2.24) is 14.9 Å². The number of nitrogens with two attached hydrogens (primary N) is 1. The number of rotatable bonds is 2. The summed E-state index contributed by atoms with van der Waals surface area (Å²) >= 11 is 0. The topological polar surface area (TPSA) is 84.5 Å². The van der Waals surface area contributed by atoms with Gasteiger partial charge in [0.2, 0.25) is 0 Å². The van der Waals surface area contributed by atoms with E-state index in [0.717, 1.165) is 0 Å². The highest BCUT2D eigenvalue weighted by molar-refractivity contribution is 6.04. The molecule has 0 aliphatic carbocycles. The Bertz CT molecular complexity index is 731. The average Bonchev–Trinajstić information content (AvgIpc) is 2.76. The van der Waals surface area contributed by atoms with Crippen molar-refractivity contribution >= 4 is 11.9 Å². The van der Waals surface area contributed by atoms with E-state index in [1.165, 1.54) is 35.8 Å². The predicted molar refractivity (Wildman–Crippen MR) is 74.6 cm³/mol. The van der Waals surface area contributed by atoms with Gasteiger partial charge in [-0.2, -0.15) is 0 Å². The number of amides is 1. The van der Waals surface area contributed by atoms with Crippen LogP contribution in [0.15, 0.2) is 41.9 Å². The lowest BCUT2D eigenvalue weighted by Crippen LogP contribution is -2.34. The lowest BCUT2D eigenvalue weighted by atomic mass is 10.0. The molecule has 3 rings (SSSR count). The molecule has 1 amide bonds. The fourth-order valence-electron chi connectivity index (χ4n) is 2.16. The first kappa shape index (κ1) is 13.2. The summed E-state index contributed by atoms with van der Waals surface area (Å²) < 4.78 is 14.0. The van der Waals surface area contributed by atoms with Gasteiger partial charge in [0, 0.05) is 30.6 Å². The van der Waals surface area contributed by atoms with E-state index in [1.54, 1.807) is 13.1 Å². The molecule has 0 saturated heterocycles. The number of guanidine groups is 1. The van der Waals surface area contributed by atoms with Gasteiger partial charge in [0.25, 0.3) is 5.91 Å². The van der Waals surface area contributed by atoms with Crippen LogP contribution in [0.5, 0.6) is 0 Å². The SMILES string of the molecule is CN1C(=O)[C@@H](c2ccc(F)c(-c3cncnc3)c2)N=C1N. The molecule has 0 saturated carbocycles. The summed E-state index contributed by atoms with van der Waals surface area (Å²) in [4.78, 5) is 25.2. The van der Waals surface area contributed by atoms with Crippen molar-refractivity contribution in [3.63, 3.8) is 0 Å². The van der Waals surface area contributed by atoms with Crippen LogP contribution in [0.4, 0.5) is 4.39 Å². The van der Waals surface area contributed by atoms with Crippen LogP contribution in [0.3, 0.4) is 0 Å². The molecule has 0 bridgehead atoms. The molecule has 0 radical (unpaired) electrons. The second-order valence-electron chi connectivity index (χ2n) is 4.65. The first-order valence-corrected chi connectivity index (χ1v) is 6.23. The Morgan fingerprint density at radius 1 is 1.29 bits per heavy atom.